The van der Waals surface area contributed by atoms with E-state index in [1.807, 2.05) is 6.07 Å². The van der Waals surface area contributed by atoms with Gasteiger partial charge < -0.3 is 9.30 Å². The Morgan fingerprint density at radius 1 is 1.14 bits per heavy atom. The number of rotatable bonds is 10. The molecule has 0 radical (unpaired) electrons. The molecule has 3 aromatic rings. The summed E-state index contributed by atoms with van der Waals surface area (Å²) in [5, 5.41) is 0.412. The van der Waals surface area contributed by atoms with Gasteiger partial charge in [0.05, 0.1) is 26.7 Å². The molecule has 184 valence electrons. The van der Waals surface area contributed by atoms with Crippen molar-refractivity contribution in [3.63, 3.8) is 0 Å². The van der Waals surface area contributed by atoms with Gasteiger partial charge in [0.15, 0.2) is 4.80 Å². The van der Waals surface area contributed by atoms with Crippen molar-refractivity contribution in [3.8, 4) is 0 Å². The summed E-state index contributed by atoms with van der Waals surface area (Å²) in [6.45, 7) is 9.18. The second-order valence-corrected chi connectivity index (χ2v) is 10.6. The molecule has 1 aromatic heterocycles. The van der Waals surface area contributed by atoms with Gasteiger partial charge in [0.25, 0.3) is 5.91 Å². The smallest absolute Gasteiger partial charge is 0.326 e. The van der Waals surface area contributed by atoms with Gasteiger partial charge in [-0.15, -0.1) is 13.2 Å². The highest BCUT2D eigenvalue weighted by molar-refractivity contribution is 7.89. The van der Waals surface area contributed by atoms with Gasteiger partial charge in [-0.05, 0) is 43.3 Å². The highest BCUT2D eigenvalue weighted by Crippen LogP contribution is 2.25. The van der Waals surface area contributed by atoms with Gasteiger partial charge in [-0.2, -0.15) is 9.30 Å². The van der Waals surface area contributed by atoms with Crippen molar-refractivity contribution in [1.29, 1.82) is 0 Å². The van der Waals surface area contributed by atoms with Gasteiger partial charge in [-0.25, -0.2) is 8.42 Å². The maximum atomic E-state index is 12.9. The number of esters is 1. The first-order valence-corrected chi connectivity index (χ1v) is 13.2. The Kier molecular flexibility index (Phi) is 8.79. The van der Waals surface area contributed by atoms with Crippen LogP contribution in [0.4, 0.5) is 0 Å². The zero-order valence-electron chi connectivity index (χ0n) is 19.0. The largest absolute Gasteiger partial charge is 0.465 e. The molecule has 3 rings (SSSR count). The highest BCUT2D eigenvalue weighted by atomic mass is 35.5. The minimum absolute atomic E-state index is 0.0313. The number of para-hydroxylation sites is 1. The Bertz CT molecular complexity index is 1430. The van der Waals surface area contributed by atoms with Crippen molar-refractivity contribution >= 4 is 55.1 Å². The fourth-order valence-corrected chi connectivity index (χ4v) is 6.05. The molecular formula is C24H24ClN3O5S2. The molecule has 11 heteroatoms. The van der Waals surface area contributed by atoms with Crippen LogP contribution in [0.3, 0.4) is 0 Å². The minimum Gasteiger partial charge on any atom is -0.465 e. The molecule has 0 aliphatic rings. The molecule has 0 bridgehead atoms. The van der Waals surface area contributed by atoms with Crippen LogP contribution in [0.5, 0.6) is 0 Å². The molecular weight excluding hydrogens is 510 g/mol. The Morgan fingerprint density at radius 3 is 2.40 bits per heavy atom. The van der Waals surface area contributed by atoms with Crippen LogP contribution in [-0.4, -0.2) is 48.9 Å². The number of carbonyl (C=O) groups excluding carboxylic acids is 2. The molecule has 0 atom stereocenters. The Labute approximate surface area is 212 Å². The van der Waals surface area contributed by atoms with Crippen LogP contribution in [0.2, 0.25) is 5.02 Å². The number of ether oxygens (including phenoxy) is 1. The molecule has 1 amide bonds. The predicted octanol–water partition coefficient (Wildman–Crippen LogP) is 4.02. The monoisotopic (exact) mass is 533 g/mol. The fourth-order valence-electron chi connectivity index (χ4n) is 3.28. The lowest BCUT2D eigenvalue weighted by Crippen LogP contribution is -2.31. The first-order valence-electron chi connectivity index (χ1n) is 10.6. The minimum atomic E-state index is -3.79. The number of carbonyl (C=O) groups is 2. The lowest BCUT2D eigenvalue weighted by atomic mass is 10.2. The second-order valence-electron chi connectivity index (χ2n) is 7.20. The van der Waals surface area contributed by atoms with Gasteiger partial charge in [0.1, 0.15) is 6.54 Å². The van der Waals surface area contributed by atoms with E-state index in [4.69, 9.17) is 16.3 Å². The van der Waals surface area contributed by atoms with Crippen LogP contribution in [-0.2, 0) is 26.1 Å². The summed E-state index contributed by atoms with van der Waals surface area (Å²) in [4.78, 5) is 29.6. The van der Waals surface area contributed by atoms with Crippen molar-refractivity contribution in [2.75, 3.05) is 19.7 Å². The normalized spacial score (nSPS) is 12.1. The molecule has 0 aliphatic carbocycles. The maximum Gasteiger partial charge on any atom is 0.326 e. The van der Waals surface area contributed by atoms with Crippen molar-refractivity contribution in [3.05, 3.63) is 83.2 Å². The molecule has 8 nitrogen and oxygen atoms in total. The first-order chi connectivity index (χ1) is 16.7. The lowest BCUT2D eigenvalue weighted by molar-refractivity contribution is -0.143. The van der Waals surface area contributed by atoms with Gasteiger partial charge in [-0.3, -0.25) is 9.59 Å². The maximum absolute atomic E-state index is 12.9. The van der Waals surface area contributed by atoms with Crippen LogP contribution in [0, 0.1) is 0 Å². The van der Waals surface area contributed by atoms with E-state index >= 15 is 0 Å². The standard InChI is InChI=1S/C24H24ClN3O5S2/c1-4-14-27(15-5-2)35(31,32)18-12-10-17(11-13-18)23(30)26-24-28(16-21(29)33-6-3)22-19(25)8-7-9-20(22)34-24/h4-5,7-13H,1-2,6,14-16H2,3H3. The number of amides is 1. The third-order valence-corrected chi connectivity index (χ3v) is 8.04. The summed E-state index contributed by atoms with van der Waals surface area (Å²) in [5.74, 6) is -1.08. The van der Waals surface area contributed by atoms with Crippen LogP contribution >= 0.6 is 22.9 Å². The molecule has 0 unspecified atom stereocenters. The van der Waals surface area contributed by atoms with E-state index in [2.05, 4.69) is 18.2 Å². The fraction of sp³-hybridized carbons (Fsp3) is 0.208. The molecule has 0 saturated heterocycles. The molecule has 0 saturated carbocycles. The number of benzene rings is 2. The quantitative estimate of drug-likeness (QED) is 0.289. The summed E-state index contributed by atoms with van der Waals surface area (Å²) in [6.07, 6.45) is 2.97. The lowest BCUT2D eigenvalue weighted by Gasteiger charge is -2.19. The van der Waals surface area contributed by atoms with E-state index in [1.165, 1.54) is 52.1 Å². The van der Waals surface area contributed by atoms with Crippen LogP contribution in [0.1, 0.15) is 17.3 Å². The van der Waals surface area contributed by atoms with E-state index < -0.39 is 21.9 Å². The molecule has 0 fully saturated rings. The molecule has 0 N–H and O–H groups in total. The number of fused-ring (bicyclic) bond motifs is 1. The third kappa shape index (κ3) is 5.96. The summed E-state index contributed by atoms with van der Waals surface area (Å²) >= 11 is 7.56. The van der Waals surface area contributed by atoms with E-state index in [-0.39, 0.29) is 41.5 Å². The number of sulfonamides is 1. The number of hydrogen-bond donors (Lipinski definition) is 0. The van der Waals surface area contributed by atoms with Crippen LogP contribution < -0.4 is 4.80 Å². The number of aromatic nitrogens is 1. The summed E-state index contributed by atoms with van der Waals surface area (Å²) in [7, 11) is -3.79. The number of nitrogens with zero attached hydrogens (tertiary/aromatic N) is 3. The van der Waals surface area contributed by atoms with E-state index in [0.717, 1.165) is 4.70 Å². The number of hydrogen-bond acceptors (Lipinski definition) is 6. The Hall–Kier alpha value is -3.05. The Morgan fingerprint density at radius 2 is 1.80 bits per heavy atom. The number of halogens is 1. The summed E-state index contributed by atoms with van der Waals surface area (Å²) in [6, 6.07) is 10.8. The first kappa shape index (κ1) is 26.6. The molecule has 0 spiro atoms. The molecule has 35 heavy (non-hydrogen) atoms. The molecule has 2 aromatic carbocycles. The summed E-state index contributed by atoms with van der Waals surface area (Å²) < 4.78 is 34.3. The van der Waals surface area contributed by atoms with Crippen molar-refractivity contribution < 1.29 is 22.7 Å². The topological polar surface area (TPSA) is 98.0 Å². The second kappa shape index (κ2) is 11.6. The number of thiazole rings is 1. The van der Waals surface area contributed by atoms with Gasteiger partial charge in [-0.1, -0.05) is 41.2 Å². The molecule has 0 aliphatic heterocycles. The average molecular weight is 534 g/mol. The van der Waals surface area contributed by atoms with Crippen LogP contribution in [0.25, 0.3) is 10.2 Å². The summed E-state index contributed by atoms with van der Waals surface area (Å²) in [5.41, 5.74) is 0.763. The SMILES string of the molecule is C=CCN(CC=C)S(=O)(=O)c1ccc(C(=O)N=c2sc3cccc(Cl)c3n2CC(=O)OCC)cc1. The van der Waals surface area contributed by atoms with E-state index in [1.54, 1.807) is 23.6 Å². The van der Waals surface area contributed by atoms with Gasteiger partial charge in [0.2, 0.25) is 10.0 Å². The van der Waals surface area contributed by atoms with Gasteiger partial charge >= 0.3 is 5.97 Å². The molecule has 1 heterocycles. The predicted molar refractivity (Wildman–Crippen MR) is 137 cm³/mol. The average Bonchev–Trinajstić information content (AvgIpc) is 3.17. The third-order valence-electron chi connectivity index (χ3n) is 4.85. The van der Waals surface area contributed by atoms with Gasteiger partial charge in [0, 0.05) is 18.7 Å². The highest BCUT2D eigenvalue weighted by Gasteiger charge is 2.23. The van der Waals surface area contributed by atoms with E-state index in [0.29, 0.717) is 10.5 Å². The Balaban J connectivity index is 1.99. The van der Waals surface area contributed by atoms with Crippen molar-refractivity contribution in [1.82, 2.24) is 8.87 Å². The van der Waals surface area contributed by atoms with Crippen LogP contribution in [0.15, 0.2) is 77.7 Å². The zero-order chi connectivity index (χ0) is 25.6. The van der Waals surface area contributed by atoms with Crippen molar-refractivity contribution in [2.24, 2.45) is 4.99 Å². The zero-order valence-corrected chi connectivity index (χ0v) is 21.4. The van der Waals surface area contributed by atoms with Crippen molar-refractivity contribution in [2.45, 2.75) is 18.4 Å². The van der Waals surface area contributed by atoms with E-state index in [9.17, 15) is 18.0 Å².